The number of hydrogen-bond donors (Lipinski definition) is 2. The van der Waals surface area contributed by atoms with Gasteiger partial charge in [-0.2, -0.15) is 0 Å². The van der Waals surface area contributed by atoms with E-state index in [0.717, 1.165) is 16.9 Å². The van der Waals surface area contributed by atoms with Gasteiger partial charge in [0.05, 0.1) is 11.4 Å². The summed E-state index contributed by atoms with van der Waals surface area (Å²) in [6.45, 7) is 2.02. The molecule has 1 rings (SSSR count). The molecule has 0 aliphatic rings. The standard InChI is InChI=1S/C8H11NO2S/c1-2-6-3-5(4-7(10)11)8(9)12-6/h3H,2,4,9H2,1H3,(H,10,11). The van der Waals surface area contributed by atoms with Gasteiger partial charge in [-0.25, -0.2) is 0 Å². The normalized spacial score (nSPS) is 10.1. The first-order valence-electron chi connectivity index (χ1n) is 3.72. The zero-order chi connectivity index (χ0) is 9.14. The summed E-state index contributed by atoms with van der Waals surface area (Å²) in [5.41, 5.74) is 6.36. The zero-order valence-electron chi connectivity index (χ0n) is 6.83. The fourth-order valence-electron chi connectivity index (χ4n) is 0.977. The van der Waals surface area contributed by atoms with Gasteiger partial charge in [-0.1, -0.05) is 6.92 Å². The summed E-state index contributed by atoms with van der Waals surface area (Å²) in [6.07, 6.45) is 0.941. The number of nitrogens with two attached hydrogens (primary N) is 1. The van der Waals surface area contributed by atoms with E-state index in [1.54, 1.807) is 0 Å². The second kappa shape index (κ2) is 3.58. The van der Waals surface area contributed by atoms with Gasteiger partial charge in [0.25, 0.3) is 0 Å². The molecular weight excluding hydrogens is 174 g/mol. The maximum absolute atomic E-state index is 10.4. The SMILES string of the molecule is CCc1cc(CC(=O)O)c(N)s1. The fourth-order valence-corrected chi connectivity index (χ4v) is 1.87. The van der Waals surface area contributed by atoms with Gasteiger partial charge in [0.2, 0.25) is 0 Å². The summed E-state index contributed by atoms with van der Waals surface area (Å²) in [6, 6.07) is 1.87. The Morgan fingerprint density at radius 1 is 1.75 bits per heavy atom. The van der Waals surface area contributed by atoms with E-state index in [1.807, 2.05) is 13.0 Å². The zero-order valence-corrected chi connectivity index (χ0v) is 7.65. The number of anilines is 1. The van der Waals surface area contributed by atoms with Crippen LogP contribution >= 0.6 is 11.3 Å². The first-order chi connectivity index (χ1) is 5.63. The number of aliphatic carboxylic acids is 1. The van der Waals surface area contributed by atoms with E-state index in [2.05, 4.69) is 0 Å². The Kier molecular flexibility index (Phi) is 2.70. The van der Waals surface area contributed by atoms with E-state index < -0.39 is 5.97 Å². The maximum Gasteiger partial charge on any atom is 0.307 e. The molecule has 3 N–H and O–H groups in total. The molecule has 12 heavy (non-hydrogen) atoms. The lowest BCUT2D eigenvalue weighted by molar-refractivity contribution is -0.136. The Balaban J connectivity index is 2.84. The molecule has 1 aromatic rings. The van der Waals surface area contributed by atoms with Crippen LogP contribution in [0.1, 0.15) is 17.4 Å². The lowest BCUT2D eigenvalue weighted by Gasteiger charge is -1.91. The second-order valence-electron chi connectivity index (χ2n) is 2.53. The molecule has 0 bridgehead atoms. The molecule has 0 unspecified atom stereocenters. The Hall–Kier alpha value is -1.03. The lowest BCUT2D eigenvalue weighted by Crippen LogP contribution is -2.00. The molecule has 66 valence electrons. The number of hydrogen-bond acceptors (Lipinski definition) is 3. The van der Waals surface area contributed by atoms with E-state index in [9.17, 15) is 4.79 Å². The number of nitrogen functional groups attached to an aromatic ring is 1. The minimum absolute atomic E-state index is 0.0301. The van der Waals surface area contributed by atoms with Gasteiger partial charge in [-0.15, -0.1) is 11.3 Å². The predicted molar refractivity (Wildman–Crippen MR) is 49.4 cm³/mol. The van der Waals surface area contributed by atoms with Crippen molar-refractivity contribution in [3.63, 3.8) is 0 Å². The third kappa shape index (κ3) is 1.98. The minimum Gasteiger partial charge on any atom is -0.481 e. The molecule has 0 saturated carbocycles. The summed E-state index contributed by atoms with van der Waals surface area (Å²) in [4.78, 5) is 11.5. The van der Waals surface area contributed by atoms with Crippen LogP contribution in [-0.2, 0) is 17.6 Å². The van der Waals surface area contributed by atoms with Crippen molar-refractivity contribution in [1.29, 1.82) is 0 Å². The van der Waals surface area contributed by atoms with Crippen LogP contribution in [0.25, 0.3) is 0 Å². The van der Waals surface area contributed by atoms with Gasteiger partial charge in [0.1, 0.15) is 0 Å². The van der Waals surface area contributed by atoms with Crippen LogP contribution in [-0.4, -0.2) is 11.1 Å². The minimum atomic E-state index is -0.831. The quantitative estimate of drug-likeness (QED) is 0.750. The summed E-state index contributed by atoms with van der Waals surface area (Å²) in [7, 11) is 0. The average molecular weight is 185 g/mol. The third-order valence-electron chi connectivity index (χ3n) is 1.58. The van der Waals surface area contributed by atoms with Crippen molar-refractivity contribution >= 4 is 22.3 Å². The smallest absolute Gasteiger partial charge is 0.307 e. The number of carboxylic acid groups (broad SMARTS) is 1. The largest absolute Gasteiger partial charge is 0.481 e. The summed E-state index contributed by atoms with van der Waals surface area (Å²) in [5.74, 6) is -0.831. The van der Waals surface area contributed by atoms with Gasteiger partial charge in [0.15, 0.2) is 0 Å². The van der Waals surface area contributed by atoms with Crippen molar-refractivity contribution in [2.75, 3.05) is 5.73 Å². The Morgan fingerprint density at radius 3 is 2.83 bits per heavy atom. The highest BCUT2D eigenvalue weighted by atomic mass is 32.1. The van der Waals surface area contributed by atoms with E-state index in [0.29, 0.717) is 5.00 Å². The van der Waals surface area contributed by atoms with Crippen molar-refractivity contribution in [2.24, 2.45) is 0 Å². The van der Waals surface area contributed by atoms with Gasteiger partial charge in [-0.05, 0) is 18.1 Å². The monoisotopic (exact) mass is 185 g/mol. The van der Waals surface area contributed by atoms with Crippen molar-refractivity contribution in [3.05, 3.63) is 16.5 Å². The molecule has 0 amide bonds. The molecule has 1 heterocycles. The molecule has 0 aliphatic carbocycles. The number of thiophene rings is 1. The summed E-state index contributed by atoms with van der Waals surface area (Å²) < 4.78 is 0. The molecule has 0 radical (unpaired) electrons. The van der Waals surface area contributed by atoms with Gasteiger partial charge in [-0.3, -0.25) is 4.79 Å². The fraction of sp³-hybridized carbons (Fsp3) is 0.375. The molecule has 1 aromatic heterocycles. The van der Waals surface area contributed by atoms with E-state index >= 15 is 0 Å². The van der Waals surface area contributed by atoms with Crippen LogP contribution in [0.3, 0.4) is 0 Å². The summed E-state index contributed by atoms with van der Waals surface area (Å²) in [5, 5.41) is 9.16. The Bertz CT molecular complexity index is 293. The second-order valence-corrected chi connectivity index (χ2v) is 3.69. The average Bonchev–Trinajstić information content (AvgIpc) is 2.31. The van der Waals surface area contributed by atoms with Crippen LogP contribution in [0, 0.1) is 0 Å². The van der Waals surface area contributed by atoms with Crippen molar-refractivity contribution in [1.82, 2.24) is 0 Å². The predicted octanol–water partition coefficient (Wildman–Crippen LogP) is 1.52. The Morgan fingerprint density at radius 2 is 2.42 bits per heavy atom. The van der Waals surface area contributed by atoms with E-state index in [4.69, 9.17) is 10.8 Å². The molecule has 3 nitrogen and oxygen atoms in total. The van der Waals surface area contributed by atoms with Crippen LogP contribution < -0.4 is 5.73 Å². The molecule has 0 spiro atoms. The maximum atomic E-state index is 10.4. The molecular formula is C8H11NO2S. The van der Waals surface area contributed by atoms with Crippen molar-refractivity contribution in [2.45, 2.75) is 19.8 Å². The first-order valence-corrected chi connectivity index (χ1v) is 4.54. The van der Waals surface area contributed by atoms with Crippen LogP contribution in [0.4, 0.5) is 5.00 Å². The van der Waals surface area contributed by atoms with Crippen LogP contribution in [0.15, 0.2) is 6.07 Å². The molecule has 0 fully saturated rings. The van der Waals surface area contributed by atoms with Crippen LogP contribution in [0.5, 0.6) is 0 Å². The van der Waals surface area contributed by atoms with Gasteiger partial charge in [0, 0.05) is 4.88 Å². The highest BCUT2D eigenvalue weighted by molar-refractivity contribution is 7.16. The highest BCUT2D eigenvalue weighted by Crippen LogP contribution is 2.25. The molecule has 0 saturated heterocycles. The topological polar surface area (TPSA) is 63.3 Å². The van der Waals surface area contributed by atoms with Crippen LogP contribution in [0.2, 0.25) is 0 Å². The highest BCUT2D eigenvalue weighted by Gasteiger charge is 2.08. The Labute approximate surface area is 74.8 Å². The number of carboxylic acids is 1. The van der Waals surface area contributed by atoms with Gasteiger partial charge >= 0.3 is 5.97 Å². The molecule has 0 atom stereocenters. The molecule has 4 heteroatoms. The van der Waals surface area contributed by atoms with E-state index in [-0.39, 0.29) is 6.42 Å². The number of rotatable bonds is 3. The number of aryl methyl sites for hydroxylation is 1. The first kappa shape index (κ1) is 9.06. The van der Waals surface area contributed by atoms with Gasteiger partial charge < -0.3 is 10.8 Å². The van der Waals surface area contributed by atoms with Crippen molar-refractivity contribution in [3.8, 4) is 0 Å². The lowest BCUT2D eigenvalue weighted by atomic mass is 10.2. The number of carbonyl (C=O) groups is 1. The molecule has 0 aromatic carbocycles. The summed E-state index contributed by atoms with van der Waals surface area (Å²) >= 11 is 1.47. The van der Waals surface area contributed by atoms with E-state index in [1.165, 1.54) is 11.3 Å². The molecule has 0 aliphatic heterocycles. The van der Waals surface area contributed by atoms with Crippen molar-refractivity contribution < 1.29 is 9.90 Å². The third-order valence-corrected chi connectivity index (χ3v) is 2.73.